The highest BCUT2D eigenvalue weighted by molar-refractivity contribution is 5.99. The van der Waals surface area contributed by atoms with Gasteiger partial charge in [0.25, 0.3) is 0 Å². The predicted molar refractivity (Wildman–Crippen MR) is 163 cm³/mol. The molecule has 2 fully saturated rings. The van der Waals surface area contributed by atoms with E-state index in [2.05, 4.69) is 45.6 Å². The van der Waals surface area contributed by atoms with Crippen molar-refractivity contribution in [2.75, 3.05) is 44.3 Å². The quantitative estimate of drug-likeness (QED) is 0.320. The van der Waals surface area contributed by atoms with Crippen LogP contribution in [0.25, 0.3) is 22.2 Å². The molecular formula is C34H44FN3O3. The Kier molecular flexibility index (Phi) is 8.36. The maximum absolute atomic E-state index is 13.1. The summed E-state index contributed by atoms with van der Waals surface area (Å²) in [6, 6.07) is 12.6. The number of nitrogens with zero attached hydrogens (tertiary/aromatic N) is 3. The van der Waals surface area contributed by atoms with E-state index in [4.69, 9.17) is 4.74 Å². The van der Waals surface area contributed by atoms with Crippen LogP contribution < -0.4 is 4.90 Å². The molecule has 1 aliphatic carbocycles. The lowest BCUT2D eigenvalue weighted by atomic mass is 9.81. The maximum Gasteiger partial charge on any atom is 0.335 e. The van der Waals surface area contributed by atoms with Crippen molar-refractivity contribution in [2.45, 2.75) is 83.5 Å². The standard InChI is InChI=1S/C34H44FN3O3/c1-23-10-12-29-30(19-23)37(16-15-36-14-6-9-27(22-36)41-24(2)21-35)17-18-38-31-20-26(34(39)40)11-13-28(31)32(33(29)38)25-7-4-3-5-8-25/h10-13,19-20,24-25,27H,3-9,14-18,21-22H2,1-2H3,(H,39,40). The second kappa shape index (κ2) is 12.1. The van der Waals surface area contributed by atoms with Crippen LogP contribution >= 0.6 is 0 Å². The number of fused-ring (bicyclic) bond motifs is 5. The molecule has 0 amide bonds. The molecule has 1 saturated carbocycles. The number of aryl methyl sites for hydroxylation is 1. The van der Waals surface area contributed by atoms with Crippen molar-refractivity contribution < 1.29 is 19.0 Å². The van der Waals surface area contributed by atoms with Crippen molar-refractivity contribution in [3.05, 3.63) is 53.1 Å². The highest BCUT2D eigenvalue weighted by Crippen LogP contribution is 2.47. The van der Waals surface area contributed by atoms with Gasteiger partial charge in [-0.15, -0.1) is 0 Å². The summed E-state index contributed by atoms with van der Waals surface area (Å²) in [5, 5.41) is 11.0. The summed E-state index contributed by atoms with van der Waals surface area (Å²) in [4.78, 5) is 17.0. The van der Waals surface area contributed by atoms with Crippen molar-refractivity contribution in [1.29, 1.82) is 0 Å². The predicted octanol–water partition coefficient (Wildman–Crippen LogP) is 7.02. The molecule has 3 heterocycles. The number of hydrogen-bond acceptors (Lipinski definition) is 4. The van der Waals surface area contributed by atoms with E-state index in [0.717, 1.165) is 57.6 Å². The summed E-state index contributed by atoms with van der Waals surface area (Å²) in [5.74, 6) is -0.381. The Labute approximate surface area is 243 Å². The summed E-state index contributed by atoms with van der Waals surface area (Å²) >= 11 is 0. The van der Waals surface area contributed by atoms with Crippen molar-refractivity contribution in [3.63, 3.8) is 0 Å². The lowest BCUT2D eigenvalue weighted by molar-refractivity contribution is -0.0476. The maximum atomic E-state index is 13.1. The molecule has 41 heavy (non-hydrogen) atoms. The number of aromatic nitrogens is 1. The first-order valence-electron chi connectivity index (χ1n) is 15.6. The van der Waals surface area contributed by atoms with Gasteiger partial charge in [-0.25, -0.2) is 9.18 Å². The minimum absolute atomic E-state index is 0.0989. The molecule has 3 aliphatic rings. The number of likely N-dealkylation sites (tertiary alicyclic amines) is 1. The third-order valence-electron chi connectivity index (χ3n) is 9.50. The van der Waals surface area contributed by atoms with Crippen molar-refractivity contribution >= 4 is 22.6 Å². The number of carbonyl (C=O) groups is 1. The molecule has 6 rings (SSSR count). The molecule has 2 atom stereocenters. The van der Waals surface area contributed by atoms with Gasteiger partial charge in [-0.3, -0.25) is 4.90 Å². The van der Waals surface area contributed by atoms with Gasteiger partial charge in [-0.05, 0) is 81.3 Å². The second-order valence-corrected chi connectivity index (χ2v) is 12.5. The Hall–Kier alpha value is -2.90. The molecule has 1 aromatic heterocycles. The van der Waals surface area contributed by atoms with Crippen LogP contribution in [0, 0.1) is 6.92 Å². The molecule has 0 spiro atoms. The normalized spacial score (nSPS) is 21.0. The molecule has 1 saturated heterocycles. The van der Waals surface area contributed by atoms with Gasteiger partial charge in [0.1, 0.15) is 6.67 Å². The number of carboxylic acid groups (broad SMARTS) is 1. The Bertz CT molecular complexity index is 1400. The smallest absolute Gasteiger partial charge is 0.335 e. The number of piperidine rings is 1. The topological polar surface area (TPSA) is 57.9 Å². The van der Waals surface area contributed by atoms with Crippen LogP contribution in [0.15, 0.2) is 36.4 Å². The SMILES string of the molecule is Cc1ccc2c(c1)N(CCN1CCCC(OC(C)CF)C1)CCn1c-2c(C2CCCCC2)c2ccc(C(=O)O)cc21. The van der Waals surface area contributed by atoms with Crippen LogP contribution in [0.1, 0.15) is 79.3 Å². The van der Waals surface area contributed by atoms with Gasteiger partial charge in [-0.2, -0.15) is 0 Å². The molecule has 3 aromatic rings. The Morgan fingerprint density at radius 3 is 2.63 bits per heavy atom. The number of aromatic carboxylic acids is 1. The van der Waals surface area contributed by atoms with Crippen molar-refractivity contribution in [3.8, 4) is 11.3 Å². The zero-order valence-electron chi connectivity index (χ0n) is 24.6. The lowest BCUT2D eigenvalue weighted by Gasteiger charge is -2.35. The summed E-state index contributed by atoms with van der Waals surface area (Å²) in [6.45, 7) is 8.96. The van der Waals surface area contributed by atoms with Crippen LogP contribution in [0.4, 0.5) is 10.1 Å². The van der Waals surface area contributed by atoms with E-state index in [1.807, 2.05) is 13.0 Å². The monoisotopic (exact) mass is 561 g/mol. The van der Waals surface area contributed by atoms with Gasteiger partial charge in [0.05, 0.1) is 23.5 Å². The van der Waals surface area contributed by atoms with Gasteiger partial charge < -0.3 is 19.3 Å². The van der Waals surface area contributed by atoms with E-state index < -0.39 is 12.6 Å². The summed E-state index contributed by atoms with van der Waals surface area (Å²) in [5.41, 5.74) is 7.89. The van der Waals surface area contributed by atoms with E-state index in [1.54, 1.807) is 6.07 Å². The summed E-state index contributed by atoms with van der Waals surface area (Å²) in [7, 11) is 0. The Morgan fingerprint density at radius 1 is 1.02 bits per heavy atom. The van der Waals surface area contributed by atoms with Crippen LogP contribution in [0.5, 0.6) is 0 Å². The number of alkyl halides is 1. The Balaban J connectivity index is 1.36. The zero-order chi connectivity index (χ0) is 28.5. The van der Waals surface area contributed by atoms with E-state index in [0.29, 0.717) is 11.5 Å². The average Bonchev–Trinajstić information content (AvgIpc) is 3.22. The van der Waals surface area contributed by atoms with Crippen LogP contribution in [0.3, 0.4) is 0 Å². The van der Waals surface area contributed by atoms with Gasteiger partial charge in [0, 0.05) is 54.9 Å². The number of carboxylic acids is 1. The molecule has 6 nitrogen and oxygen atoms in total. The molecule has 2 aliphatic heterocycles. The number of benzene rings is 2. The number of anilines is 1. The first-order valence-corrected chi connectivity index (χ1v) is 15.6. The molecule has 2 aromatic carbocycles. The van der Waals surface area contributed by atoms with Gasteiger partial charge in [-0.1, -0.05) is 37.5 Å². The Morgan fingerprint density at radius 2 is 1.85 bits per heavy atom. The fraction of sp³-hybridized carbons (Fsp3) is 0.559. The molecule has 220 valence electrons. The van der Waals surface area contributed by atoms with Gasteiger partial charge in [0.2, 0.25) is 0 Å². The third kappa shape index (κ3) is 5.76. The number of rotatable bonds is 8. The molecular weight excluding hydrogens is 517 g/mol. The van der Waals surface area contributed by atoms with Crippen molar-refractivity contribution in [2.24, 2.45) is 0 Å². The lowest BCUT2D eigenvalue weighted by Crippen LogP contribution is -2.44. The molecule has 1 N–H and O–H groups in total. The summed E-state index contributed by atoms with van der Waals surface area (Å²) < 4.78 is 21.4. The highest BCUT2D eigenvalue weighted by atomic mass is 19.1. The first-order chi connectivity index (χ1) is 19.9. The van der Waals surface area contributed by atoms with Crippen molar-refractivity contribution in [1.82, 2.24) is 9.47 Å². The minimum Gasteiger partial charge on any atom is -0.478 e. The van der Waals surface area contributed by atoms with E-state index in [1.165, 1.54) is 65.6 Å². The minimum atomic E-state index is -0.877. The molecule has 0 bridgehead atoms. The largest absolute Gasteiger partial charge is 0.478 e. The highest BCUT2D eigenvalue weighted by Gasteiger charge is 2.31. The summed E-state index contributed by atoms with van der Waals surface area (Å²) in [6.07, 6.45) is 8.01. The zero-order valence-corrected chi connectivity index (χ0v) is 24.6. The van der Waals surface area contributed by atoms with Gasteiger partial charge in [0.15, 0.2) is 0 Å². The molecule has 0 radical (unpaired) electrons. The number of hydrogen-bond donors (Lipinski definition) is 1. The fourth-order valence-corrected chi connectivity index (χ4v) is 7.47. The average molecular weight is 562 g/mol. The van der Waals surface area contributed by atoms with Crippen LogP contribution in [-0.4, -0.2) is 72.1 Å². The van der Waals surface area contributed by atoms with E-state index >= 15 is 0 Å². The number of halogens is 1. The second-order valence-electron chi connectivity index (χ2n) is 12.5. The van der Waals surface area contributed by atoms with E-state index in [-0.39, 0.29) is 12.2 Å². The fourth-order valence-electron chi connectivity index (χ4n) is 7.47. The van der Waals surface area contributed by atoms with Gasteiger partial charge >= 0.3 is 5.97 Å². The van der Waals surface area contributed by atoms with E-state index in [9.17, 15) is 14.3 Å². The van der Waals surface area contributed by atoms with Crippen LogP contribution in [-0.2, 0) is 11.3 Å². The number of ether oxygens (including phenoxy) is 1. The molecule has 7 heteroatoms. The first kappa shape index (κ1) is 28.2. The van der Waals surface area contributed by atoms with Crippen LogP contribution in [0.2, 0.25) is 0 Å². The third-order valence-corrected chi connectivity index (χ3v) is 9.50. The molecule has 2 unspecified atom stereocenters.